The summed E-state index contributed by atoms with van der Waals surface area (Å²) in [7, 11) is 1.79. The van der Waals surface area contributed by atoms with Gasteiger partial charge in [-0.1, -0.05) is 0 Å². The molecule has 1 aliphatic rings. The number of amides is 2. The lowest BCUT2D eigenvalue weighted by Gasteiger charge is -2.34. The lowest BCUT2D eigenvalue weighted by Crippen LogP contribution is -2.45. The van der Waals surface area contributed by atoms with E-state index in [9.17, 15) is 14.4 Å². The Bertz CT molecular complexity index is 669. The van der Waals surface area contributed by atoms with Gasteiger partial charge in [0.25, 0.3) is 5.91 Å². The van der Waals surface area contributed by atoms with Crippen molar-refractivity contribution < 1.29 is 9.59 Å². The molecule has 2 heterocycles. The molecule has 0 radical (unpaired) electrons. The van der Waals surface area contributed by atoms with Crippen LogP contribution in [0.3, 0.4) is 0 Å². The summed E-state index contributed by atoms with van der Waals surface area (Å²) in [5.74, 6) is 0.0531. The zero-order valence-electron chi connectivity index (χ0n) is 15.0. The van der Waals surface area contributed by atoms with Gasteiger partial charge in [0.2, 0.25) is 5.91 Å². The monoisotopic (exact) mass is 333 g/mol. The van der Waals surface area contributed by atoms with E-state index in [2.05, 4.69) is 0 Å². The molecule has 1 aliphatic heterocycles. The Balaban J connectivity index is 2.06. The van der Waals surface area contributed by atoms with Gasteiger partial charge >= 0.3 is 0 Å². The summed E-state index contributed by atoms with van der Waals surface area (Å²) < 4.78 is 1.75. The molecule has 1 aromatic heterocycles. The zero-order chi connectivity index (χ0) is 17.9. The highest BCUT2D eigenvalue weighted by atomic mass is 16.2. The zero-order valence-corrected chi connectivity index (χ0v) is 15.0. The van der Waals surface area contributed by atoms with Crippen LogP contribution >= 0.6 is 0 Å². The fourth-order valence-corrected chi connectivity index (χ4v) is 3.26. The van der Waals surface area contributed by atoms with E-state index in [1.807, 2.05) is 25.7 Å². The SMILES string of the molecule is CCN(CC)C(=O)C1CCN(C(=O)c2cc(=O)cc(C)n2C)CC1. The number of hydrogen-bond donors (Lipinski definition) is 0. The van der Waals surface area contributed by atoms with Crippen molar-refractivity contribution in [1.82, 2.24) is 14.4 Å². The minimum absolute atomic E-state index is 0.00437. The first-order valence-electron chi connectivity index (χ1n) is 8.64. The highest BCUT2D eigenvalue weighted by Gasteiger charge is 2.30. The van der Waals surface area contributed by atoms with Crippen molar-refractivity contribution >= 4 is 11.8 Å². The molecule has 0 unspecified atom stereocenters. The van der Waals surface area contributed by atoms with Crippen LogP contribution in [0.4, 0.5) is 0 Å². The Kier molecular flexibility index (Phi) is 5.80. The minimum atomic E-state index is -0.152. The van der Waals surface area contributed by atoms with Crippen LogP contribution in [0.15, 0.2) is 16.9 Å². The van der Waals surface area contributed by atoms with E-state index in [0.29, 0.717) is 31.6 Å². The summed E-state index contributed by atoms with van der Waals surface area (Å²) in [6, 6.07) is 2.91. The van der Waals surface area contributed by atoms with E-state index in [0.717, 1.165) is 18.8 Å². The van der Waals surface area contributed by atoms with Gasteiger partial charge in [0, 0.05) is 57.0 Å². The van der Waals surface area contributed by atoms with E-state index < -0.39 is 0 Å². The molecule has 0 saturated carbocycles. The van der Waals surface area contributed by atoms with E-state index in [1.54, 1.807) is 16.5 Å². The predicted octanol–water partition coefficient (Wildman–Crippen LogP) is 1.41. The Morgan fingerprint density at radius 1 is 1.17 bits per heavy atom. The number of aryl methyl sites for hydroxylation is 1. The molecule has 1 fully saturated rings. The molecular weight excluding hydrogens is 306 g/mol. The quantitative estimate of drug-likeness (QED) is 0.837. The van der Waals surface area contributed by atoms with Crippen LogP contribution < -0.4 is 5.43 Å². The molecule has 0 N–H and O–H groups in total. The summed E-state index contributed by atoms with van der Waals surface area (Å²) >= 11 is 0. The van der Waals surface area contributed by atoms with Gasteiger partial charge in [0.05, 0.1) is 0 Å². The van der Waals surface area contributed by atoms with Gasteiger partial charge in [-0.05, 0) is 33.6 Å². The summed E-state index contributed by atoms with van der Waals surface area (Å²) in [5.41, 5.74) is 1.02. The third-order valence-electron chi connectivity index (χ3n) is 4.95. The summed E-state index contributed by atoms with van der Waals surface area (Å²) in [5, 5.41) is 0. The normalized spacial score (nSPS) is 15.4. The second-order valence-electron chi connectivity index (χ2n) is 6.35. The lowest BCUT2D eigenvalue weighted by molar-refractivity contribution is -0.136. The molecule has 1 aromatic rings. The van der Waals surface area contributed by atoms with Crippen LogP contribution in [0.1, 0.15) is 42.9 Å². The molecule has 0 bridgehead atoms. The maximum Gasteiger partial charge on any atom is 0.270 e. The van der Waals surface area contributed by atoms with E-state index in [1.165, 1.54) is 12.1 Å². The van der Waals surface area contributed by atoms with E-state index in [-0.39, 0.29) is 23.2 Å². The van der Waals surface area contributed by atoms with Gasteiger partial charge in [-0.15, -0.1) is 0 Å². The van der Waals surface area contributed by atoms with Gasteiger partial charge in [-0.2, -0.15) is 0 Å². The van der Waals surface area contributed by atoms with Crippen LogP contribution in [0, 0.1) is 12.8 Å². The average molecular weight is 333 g/mol. The highest BCUT2D eigenvalue weighted by molar-refractivity contribution is 5.93. The predicted molar refractivity (Wildman–Crippen MR) is 93.0 cm³/mol. The number of rotatable bonds is 4. The number of hydrogen-bond acceptors (Lipinski definition) is 3. The van der Waals surface area contributed by atoms with Crippen molar-refractivity contribution in [2.24, 2.45) is 13.0 Å². The fourth-order valence-electron chi connectivity index (χ4n) is 3.26. The van der Waals surface area contributed by atoms with E-state index in [4.69, 9.17) is 0 Å². The van der Waals surface area contributed by atoms with Crippen LogP contribution in [0.5, 0.6) is 0 Å². The first-order chi connectivity index (χ1) is 11.4. The molecule has 0 spiro atoms. The molecule has 0 aromatic carbocycles. The highest BCUT2D eigenvalue weighted by Crippen LogP contribution is 2.21. The first kappa shape index (κ1) is 18.2. The van der Waals surface area contributed by atoms with Gasteiger partial charge in [-0.25, -0.2) is 0 Å². The van der Waals surface area contributed by atoms with Crippen molar-refractivity contribution in [2.45, 2.75) is 33.6 Å². The van der Waals surface area contributed by atoms with E-state index >= 15 is 0 Å². The second kappa shape index (κ2) is 7.64. The Labute approximate surface area is 143 Å². The van der Waals surface area contributed by atoms with Crippen LogP contribution in [0.25, 0.3) is 0 Å². The van der Waals surface area contributed by atoms with Gasteiger partial charge in [0.15, 0.2) is 5.43 Å². The number of nitrogens with zero attached hydrogens (tertiary/aromatic N) is 3. The molecule has 24 heavy (non-hydrogen) atoms. The first-order valence-corrected chi connectivity index (χ1v) is 8.64. The summed E-state index contributed by atoms with van der Waals surface area (Å²) in [6.07, 6.45) is 1.36. The van der Waals surface area contributed by atoms with Gasteiger partial charge < -0.3 is 14.4 Å². The lowest BCUT2D eigenvalue weighted by atomic mass is 9.95. The maximum absolute atomic E-state index is 12.7. The molecule has 6 nitrogen and oxygen atoms in total. The third kappa shape index (κ3) is 3.68. The standard InChI is InChI=1S/C18H27N3O3/c1-5-20(6-2)17(23)14-7-9-21(10-8-14)18(24)16-12-15(22)11-13(3)19(16)4/h11-12,14H,5-10H2,1-4H3. The molecule has 2 rings (SSSR count). The Hall–Kier alpha value is -2.11. The number of carbonyl (C=O) groups is 2. The molecule has 0 aliphatic carbocycles. The maximum atomic E-state index is 12.7. The number of aromatic nitrogens is 1. The summed E-state index contributed by atoms with van der Waals surface area (Å²) in [6.45, 7) is 8.33. The van der Waals surface area contributed by atoms with Crippen molar-refractivity contribution in [2.75, 3.05) is 26.2 Å². The van der Waals surface area contributed by atoms with Crippen molar-refractivity contribution in [3.05, 3.63) is 33.7 Å². The Morgan fingerprint density at radius 3 is 2.29 bits per heavy atom. The fraction of sp³-hybridized carbons (Fsp3) is 0.611. The Morgan fingerprint density at radius 2 is 1.75 bits per heavy atom. The van der Waals surface area contributed by atoms with Crippen LogP contribution in [0.2, 0.25) is 0 Å². The van der Waals surface area contributed by atoms with Crippen molar-refractivity contribution in [3.8, 4) is 0 Å². The molecule has 2 amide bonds. The molecule has 6 heteroatoms. The van der Waals surface area contributed by atoms with Crippen LogP contribution in [-0.2, 0) is 11.8 Å². The van der Waals surface area contributed by atoms with Crippen LogP contribution in [-0.4, -0.2) is 52.4 Å². The van der Waals surface area contributed by atoms with Gasteiger partial charge in [-0.3, -0.25) is 14.4 Å². The molecule has 132 valence electrons. The summed E-state index contributed by atoms with van der Waals surface area (Å²) in [4.78, 5) is 40.4. The van der Waals surface area contributed by atoms with Gasteiger partial charge in [0.1, 0.15) is 5.69 Å². The van der Waals surface area contributed by atoms with Crippen molar-refractivity contribution in [3.63, 3.8) is 0 Å². The number of carbonyl (C=O) groups excluding carboxylic acids is 2. The number of pyridine rings is 1. The average Bonchev–Trinajstić information content (AvgIpc) is 2.58. The topological polar surface area (TPSA) is 62.6 Å². The van der Waals surface area contributed by atoms with Crippen molar-refractivity contribution in [1.29, 1.82) is 0 Å². The third-order valence-corrected chi connectivity index (χ3v) is 4.95. The number of likely N-dealkylation sites (tertiary alicyclic amines) is 1. The number of piperidine rings is 1. The smallest absolute Gasteiger partial charge is 0.270 e. The largest absolute Gasteiger partial charge is 0.344 e. The molecule has 1 saturated heterocycles. The molecular formula is C18H27N3O3. The minimum Gasteiger partial charge on any atom is -0.344 e. The second-order valence-corrected chi connectivity index (χ2v) is 6.35. The molecule has 0 atom stereocenters.